The third-order valence-electron chi connectivity index (χ3n) is 2.76. The van der Waals surface area contributed by atoms with Crippen molar-refractivity contribution in [3.8, 4) is 0 Å². The number of ether oxygens (including phenoxy) is 1. The number of nitrogens with one attached hydrogen (secondary N) is 1. The van der Waals surface area contributed by atoms with Crippen LogP contribution in [0.5, 0.6) is 0 Å². The van der Waals surface area contributed by atoms with Crippen molar-refractivity contribution >= 4 is 11.6 Å². The van der Waals surface area contributed by atoms with Crippen LogP contribution in [0.4, 0.5) is 5.69 Å². The summed E-state index contributed by atoms with van der Waals surface area (Å²) >= 11 is 0. The van der Waals surface area contributed by atoms with Gasteiger partial charge < -0.3 is 4.74 Å². The van der Waals surface area contributed by atoms with E-state index < -0.39 is 17.1 Å². The fraction of sp³-hybridized carbons (Fsp3) is 0.417. The maximum absolute atomic E-state index is 11.7. The second-order valence-electron chi connectivity index (χ2n) is 4.15. The van der Waals surface area contributed by atoms with Gasteiger partial charge in [-0.05, 0) is 25.0 Å². The topological polar surface area (TPSA) is 90.7 Å². The first-order chi connectivity index (χ1) is 9.16. The van der Waals surface area contributed by atoms with E-state index in [9.17, 15) is 14.9 Å². The second-order valence-corrected chi connectivity index (χ2v) is 4.15. The zero-order valence-electron chi connectivity index (χ0n) is 10.2. The Morgan fingerprint density at radius 2 is 2.11 bits per heavy atom. The molecule has 19 heavy (non-hydrogen) atoms. The minimum absolute atomic E-state index is 0.0620. The summed E-state index contributed by atoms with van der Waals surface area (Å²) in [5.74, 6) is -0.455. The van der Waals surface area contributed by atoms with Gasteiger partial charge in [0.1, 0.15) is 0 Å². The highest BCUT2D eigenvalue weighted by Crippen LogP contribution is 2.14. The summed E-state index contributed by atoms with van der Waals surface area (Å²) in [7, 11) is 0. The molecule has 1 heterocycles. The van der Waals surface area contributed by atoms with Gasteiger partial charge in [0.05, 0.1) is 4.92 Å². The maximum Gasteiger partial charge on any atom is 0.274 e. The van der Waals surface area contributed by atoms with Crippen LogP contribution < -0.4 is 5.48 Å². The molecule has 0 saturated carbocycles. The number of benzene rings is 1. The number of hydrogen-bond donors (Lipinski definition) is 1. The molecule has 0 aliphatic carbocycles. The zero-order chi connectivity index (χ0) is 13.7. The Bertz CT molecular complexity index is 454. The molecule has 7 nitrogen and oxygen atoms in total. The van der Waals surface area contributed by atoms with Gasteiger partial charge in [-0.3, -0.25) is 14.9 Å². The van der Waals surface area contributed by atoms with Gasteiger partial charge in [0, 0.05) is 30.7 Å². The summed E-state index contributed by atoms with van der Waals surface area (Å²) in [6.45, 7) is 0.623. The van der Waals surface area contributed by atoms with Gasteiger partial charge in [0.15, 0.2) is 6.29 Å². The molecule has 0 aromatic heterocycles. The van der Waals surface area contributed by atoms with Crippen molar-refractivity contribution in [1.29, 1.82) is 0 Å². The first-order valence-corrected chi connectivity index (χ1v) is 5.99. The molecule has 1 aromatic carbocycles. The smallest absolute Gasteiger partial charge is 0.274 e. The third kappa shape index (κ3) is 3.73. The molecule has 0 bridgehead atoms. The first kappa shape index (κ1) is 13.4. The number of carbonyl (C=O) groups excluding carboxylic acids is 1. The van der Waals surface area contributed by atoms with Crippen LogP contribution in [-0.4, -0.2) is 23.7 Å². The molecule has 2 rings (SSSR count). The van der Waals surface area contributed by atoms with E-state index in [0.717, 1.165) is 19.3 Å². The molecule has 1 fully saturated rings. The van der Waals surface area contributed by atoms with Crippen molar-refractivity contribution in [2.45, 2.75) is 25.6 Å². The largest absolute Gasteiger partial charge is 0.350 e. The van der Waals surface area contributed by atoms with E-state index in [1.54, 1.807) is 0 Å². The number of amides is 1. The van der Waals surface area contributed by atoms with Gasteiger partial charge in [0.25, 0.3) is 11.6 Å². The summed E-state index contributed by atoms with van der Waals surface area (Å²) in [6.07, 6.45) is 2.31. The standard InChI is InChI=1S/C12H14N2O5/c15-12(13-19-11-3-1-2-8-18-11)9-4-6-10(7-5-9)14(16)17/h4-7,11H,1-3,8H2,(H,13,15)/t11-/m1/s1. The van der Waals surface area contributed by atoms with E-state index in [-0.39, 0.29) is 5.69 Å². The van der Waals surface area contributed by atoms with Crippen molar-refractivity contribution < 1.29 is 19.3 Å². The lowest BCUT2D eigenvalue weighted by Crippen LogP contribution is -2.33. The SMILES string of the molecule is O=C(NO[C@@H]1CCCCO1)c1ccc([N+](=O)[O-])cc1. The van der Waals surface area contributed by atoms with Crippen LogP contribution in [0, 0.1) is 10.1 Å². The fourth-order valence-electron chi connectivity index (χ4n) is 1.72. The van der Waals surface area contributed by atoms with Crippen LogP contribution >= 0.6 is 0 Å². The molecule has 0 radical (unpaired) electrons. The zero-order valence-corrected chi connectivity index (χ0v) is 10.2. The van der Waals surface area contributed by atoms with E-state index in [4.69, 9.17) is 9.57 Å². The normalized spacial score (nSPS) is 18.8. The van der Waals surface area contributed by atoms with E-state index in [0.29, 0.717) is 12.2 Å². The Labute approximate surface area is 109 Å². The lowest BCUT2D eigenvalue weighted by Gasteiger charge is -2.22. The summed E-state index contributed by atoms with van der Waals surface area (Å²) < 4.78 is 5.29. The number of carbonyl (C=O) groups is 1. The molecular formula is C12H14N2O5. The second kappa shape index (κ2) is 6.26. The number of non-ortho nitro benzene ring substituents is 1. The molecule has 1 N–H and O–H groups in total. The number of hydrogen-bond acceptors (Lipinski definition) is 5. The van der Waals surface area contributed by atoms with E-state index in [1.165, 1.54) is 24.3 Å². The highest BCUT2D eigenvalue weighted by Gasteiger charge is 2.16. The summed E-state index contributed by atoms with van der Waals surface area (Å²) in [5.41, 5.74) is 2.51. The molecule has 0 unspecified atom stereocenters. The van der Waals surface area contributed by atoms with Gasteiger partial charge in [-0.1, -0.05) is 0 Å². The molecule has 1 saturated heterocycles. The van der Waals surface area contributed by atoms with Crippen LogP contribution in [0.25, 0.3) is 0 Å². The molecule has 0 spiro atoms. The number of nitro benzene ring substituents is 1. The molecule has 7 heteroatoms. The molecule has 1 amide bonds. The average Bonchev–Trinajstić information content (AvgIpc) is 2.46. The van der Waals surface area contributed by atoms with Gasteiger partial charge in [-0.15, -0.1) is 0 Å². The van der Waals surface area contributed by atoms with Gasteiger partial charge in [-0.25, -0.2) is 10.3 Å². The lowest BCUT2D eigenvalue weighted by molar-refractivity contribution is -0.384. The van der Waals surface area contributed by atoms with Crippen molar-refractivity contribution in [3.63, 3.8) is 0 Å². The van der Waals surface area contributed by atoms with Crippen LogP contribution in [0.3, 0.4) is 0 Å². The van der Waals surface area contributed by atoms with E-state index in [2.05, 4.69) is 5.48 Å². The van der Waals surface area contributed by atoms with Crippen LogP contribution in [-0.2, 0) is 9.57 Å². The van der Waals surface area contributed by atoms with Crippen LogP contribution in [0.1, 0.15) is 29.6 Å². The predicted molar refractivity (Wildman–Crippen MR) is 65.2 cm³/mol. The van der Waals surface area contributed by atoms with Crippen molar-refractivity contribution in [2.24, 2.45) is 0 Å². The first-order valence-electron chi connectivity index (χ1n) is 5.99. The van der Waals surface area contributed by atoms with Crippen molar-refractivity contribution in [3.05, 3.63) is 39.9 Å². The Kier molecular flexibility index (Phi) is 4.43. The van der Waals surface area contributed by atoms with Gasteiger partial charge in [0.2, 0.25) is 0 Å². The van der Waals surface area contributed by atoms with Crippen LogP contribution in [0.2, 0.25) is 0 Å². The monoisotopic (exact) mass is 266 g/mol. The minimum Gasteiger partial charge on any atom is -0.350 e. The number of nitro groups is 1. The Morgan fingerprint density at radius 1 is 1.37 bits per heavy atom. The Balaban J connectivity index is 1.86. The molecule has 102 valence electrons. The quantitative estimate of drug-likeness (QED) is 0.662. The fourth-order valence-corrected chi connectivity index (χ4v) is 1.72. The molecule has 1 aliphatic heterocycles. The predicted octanol–water partition coefficient (Wildman–Crippen LogP) is 1.78. The number of hydroxylamine groups is 1. The summed E-state index contributed by atoms with van der Waals surface area (Å²) in [6, 6.07) is 5.29. The van der Waals surface area contributed by atoms with Crippen molar-refractivity contribution in [1.82, 2.24) is 5.48 Å². The van der Waals surface area contributed by atoms with E-state index >= 15 is 0 Å². The highest BCUT2D eigenvalue weighted by molar-refractivity contribution is 5.93. The van der Waals surface area contributed by atoms with Gasteiger partial charge in [-0.2, -0.15) is 0 Å². The van der Waals surface area contributed by atoms with Gasteiger partial charge >= 0.3 is 0 Å². The molecule has 1 aromatic rings. The molecule has 1 atom stereocenters. The average molecular weight is 266 g/mol. The van der Waals surface area contributed by atoms with Crippen LogP contribution in [0.15, 0.2) is 24.3 Å². The third-order valence-corrected chi connectivity index (χ3v) is 2.76. The van der Waals surface area contributed by atoms with Crippen molar-refractivity contribution in [2.75, 3.05) is 6.61 Å². The lowest BCUT2D eigenvalue weighted by atomic mass is 10.2. The molecule has 1 aliphatic rings. The maximum atomic E-state index is 11.7. The number of rotatable bonds is 4. The molecular weight excluding hydrogens is 252 g/mol. The minimum atomic E-state index is -0.520. The Hall–Kier alpha value is -1.99. The summed E-state index contributed by atoms with van der Waals surface area (Å²) in [5, 5.41) is 10.5. The Morgan fingerprint density at radius 3 is 2.68 bits per heavy atom. The number of nitrogens with zero attached hydrogens (tertiary/aromatic N) is 1. The van der Waals surface area contributed by atoms with E-state index in [1.807, 2.05) is 0 Å². The highest BCUT2D eigenvalue weighted by atomic mass is 16.8. The summed E-state index contributed by atoms with van der Waals surface area (Å²) in [4.78, 5) is 26.8.